The number of benzene rings is 7. The molecule has 6 aromatic carbocycles. The van der Waals surface area contributed by atoms with Gasteiger partial charge in [-0.1, -0.05) is 70.5 Å². The number of rotatable bonds is 14. The Morgan fingerprint density at radius 1 is 0.479 bits per heavy atom. The number of carbonyl (C=O) groups is 3. The summed E-state index contributed by atoms with van der Waals surface area (Å²) in [5.74, 6) is 0.884. The highest BCUT2D eigenvalue weighted by Gasteiger charge is 2.56. The largest absolute Gasteiger partial charge is 0.501 e. The number of fused-ring (bicyclic) bond motifs is 2. The van der Waals surface area contributed by atoms with E-state index in [0.717, 1.165) is 10.8 Å². The molecule has 3 saturated heterocycles. The predicted octanol–water partition coefficient (Wildman–Crippen LogP) is 11.6. The second-order valence-electron chi connectivity index (χ2n) is 24.9. The Bertz CT molecular complexity index is 4240. The van der Waals surface area contributed by atoms with Crippen molar-refractivity contribution in [2.45, 2.75) is 130 Å². The summed E-state index contributed by atoms with van der Waals surface area (Å²) in [6, 6.07) is 34.7. The van der Waals surface area contributed by atoms with Crippen LogP contribution < -0.4 is 26.6 Å². The second kappa shape index (κ2) is 30.1. The zero-order chi connectivity index (χ0) is 71.0. The summed E-state index contributed by atoms with van der Waals surface area (Å²) in [5.41, 5.74) is 0.945. The number of hydrogen-bond donors (Lipinski definition) is 1. The Hall–Kier alpha value is -8.78. The molecule has 0 bridgehead atoms. The number of aldehydes is 3. The van der Waals surface area contributed by atoms with Crippen LogP contribution in [0.15, 0.2) is 152 Å². The van der Waals surface area contributed by atoms with E-state index in [1.807, 2.05) is 95.2 Å². The van der Waals surface area contributed by atoms with Crippen molar-refractivity contribution in [3.05, 3.63) is 221 Å². The first-order chi connectivity index (χ1) is 44.8. The van der Waals surface area contributed by atoms with Crippen molar-refractivity contribution in [1.29, 1.82) is 0 Å². The Labute approximate surface area is 568 Å². The molecule has 11 rings (SSSR count). The number of hydrogen-bond acceptors (Lipinski definition) is 22. The van der Waals surface area contributed by atoms with Crippen molar-refractivity contribution in [3.8, 4) is 17.2 Å². The van der Waals surface area contributed by atoms with Crippen LogP contribution in [0.5, 0.6) is 5.75 Å². The highest BCUT2D eigenvalue weighted by molar-refractivity contribution is 9.10. The first-order valence-corrected chi connectivity index (χ1v) is 31.0. The molecule has 500 valence electrons. The minimum atomic E-state index is -0.838. The smallest absolute Gasteiger partial charge is 0.489 e. The van der Waals surface area contributed by atoms with Gasteiger partial charge in [-0.15, -0.1) is 0 Å². The number of aliphatic hydroxyl groups excluding tert-OH is 1. The Balaban J connectivity index is 0.000000183. The predicted molar refractivity (Wildman–Crippen MR) is 365 cm³/mol. The van der Waals surface area contributed by atoms with E-state index >= 15 is 0 Å². The summed E-state index contributed by atoms with van der Waals surface area (Å²) in [6.07, 6.45) is 1.97. The summed E-state index contributed by atoms with van der Waals surface area (Å²) < 4.78 is 48.3. The molecule has 3 fully saturated rings. The molecule has 0 saturated carbocycles. The van der Waals surface area contributed by atoms with Gasteiger partial charge in [0.2, 0.25) is 0 Å². The molecule has 0 aromatic heterocycles. The van der Waals surface area contributed by atoms with E-state index in [9.17, 15) is 59.6 Å². The maximum absolute atomic E-state index is 11.8. The fourth-order valence-electron chi connectivity index (χ4n) is 9.11. The fraction of sp³-hybridized carbons (Fsp3) is 0.308. The summed E-state index contributed by atoms with van der Waals surface area (Å²) >= 11 is 6.26. The number of nitro benzene ring substituents is 4. The minimum Gasteiger partial charge on any atom is -0.489 e. The molecule has 0 radical (unpaired) electrons. The number of carbonyl (C=O) groups excluding carboxylic acids is 3. The number of aliphatic hydroxyl groups is 1. The number of ether oxygens (including phenoxy) is 1. The molecular formula is C65H66B3Br2N5O21. The molecule has 4 aliphatic heterocycles. The first-order valence-electron chi connectivity index (χ1n) is 29.4. The standard InChI is InChI=1S/C25H23BN2O7.C13H18BNO5.C13H16BNO5.C7H4BrNO3.C7H5BrO/c1-24(2)25(3,4)35-26(34-24)18-8-5-15(11-21(18)28(30)31)14-32-17-7-10-20-23(13-17)33-22-12-16(29)6-9-19(22)27-20;2*1-12(2)13(3,4)20-14(19-12)10-6-5-9(8-16)7-11(10)15(17)18;8-6-2-1-5(4-10)3-7(6)9(11)12;8-7-3-1-6(5-9)2-4-7/h5-13H,14H2,1-4H3;5-7,16H,8H2,1-4H3;5-8H,1-4H3;1-4H;1-5H. The molecule has 0 spiro atoms. The molecule has 31 heteroatoms. The average Bonchev–Trinajstić information content (AvgIpc) is 1.62. The first kappa shape index (κ1) is 74.6. The van der Waals surface area contributed by atoms with Crippen LogP contribution in [0, 0.1) is 40.5 Å². The number of nitrogens with zero attached hydrogens (tertiary/aromatic N) is 5. The quantitative estimate of drug-likeness (QED) is 0.0347. The topological polar surface area (TPSA) is 352 Å². The van der Waals surface area contributed by atoms with E-state index in [1.54, 1.807) is 60.7 Å². The lowest BCUT2D eigenvalue weighted by Crippen LogP contribution is -2.41. The molecule has 26 nitrogen and oxygen atoms in total. The van der Waals surface area contributed by atoms with Gasteiger partial charge in [0, 0.05) is 57.6 Å². The van der Waals surface area contributed by atoms with Crippen molar-refractivity contribution < 1.29 is 76.3 Å². The maximum Gasteiger partial charge on any atom is 0.501 e. The molecule has 0 atom stereocenters. The lowest BCUT2D eigenvalue weighted by atomic mass is 9.77. The Kier molecular flexibility index (Phi) is 23.4. The normalized spacial score (nSPS) is 16.4. The van der Waals surface area contributed by atoms with E-state index in [1.165, 1.54) is 60.7 Å². The van der Waals surface area contributed by atoms with Crippen LogP contribution >= 0.6 is 31.9 Å². The van der Waals surface area contributed by atoms with E-state index in [-0.39, 0.29) is 47.0 Å². The highest BCUT2D eigenvalue weighted by atomic mass is 79.9. The zero-order valence-electron chi connectivity index (χ0n) is 54.2. The fourth-order valence-corrected chi connectivity index (χ4v) is 9.76. The van der Waals surface area contributed by atoms with Gasteiger partial charge in [-0.2, -0.15) is 0 Å². The van der Waals surface area contributed by atoms with Crippen LogP contribution in [0.25, 0.3) is 22.6 Å². The van der Waals surface area contributed by atoms with Crippen LogP contribution in [0.4, 0.5) is 22.7 Å². The zero-order valence-corrected chi connectivity index (χ0v) is 57.4. The minimum absolute atomic E-state index is 0.0952. The highest BCUT2D eigenvalue weighted by Crippen LogP contribution is 2.40. The molecule has 6 aromatic rings. The summed E-state index contributed by atoms with van der Waals surface area (Å²) in [7, 11) is -2.44. The van der Waals surface area contributed by atoms with Crippen molar-refractivity contribution in [1.82, 2.24) is 4.98 Å². The van der Waals surface area contributed by atoms with Crippen LogP contribution in [-0.4, -0.2) is 104 Å². The lowest BCUT2D eigenvalue weighted by Gasteiger charge is -2.32. The van der Waals surface area contributed by atoms with Crippen LogP contribution in [0.3, 0.4) is 0 Å². The molecule has 0 unspecified atom stereocenters. The van der Waals surface area contributed by atoms with Gasteiger partial charge in [0.15, 0.2) is 16.8 Å². The van der Waals surface area contributed by atoms with Gasteiger partial charge >= 0.3 is 21.4 Å². The third-order valence-corrected chi connectivity index (χ3v) is 17.9. The Morgan fingerprint density at radius 2 is 0.875 bits per heavy atom. The van der Waals surface area contributed by atoms with Gasteiger partial charge in [0.25, 0.3) is 22.7 Å². The van der Waals surface area contributed by atoms with Gasteiger partial charge < -0.3 is 42.2 Å². The summed E-state index contributed by atoms with van der Waals surface area (Å²) in [5, 5.41) is 53.6. The van der Waals surface area contributed by atoms with Gasteiger partial charge in [0.05, 0.1) is 80.8 Å². The molecule has 96 heavy (non-hydrogen) atoms. The summed E-state index contributed by atoms with van der Waals surface area (Å²) in [4.78, 5) is 89.7. The average molecular weight is 1450 g/mol. The SMILES string of the molecule is CC1(C)OB(c2ccc(C=O)cc2[N+](=O)[O-])OC1(C)C.CC1(C)OB(c2ccc(CO)cc2[N+](=O)[O-])OC1(C)C.CC1(C)OB(c2ccc(COc3ccc4nc5ccc(=O)cc-5oc4c3)cc2[N+](=O)[O-])OC1(C)C.O=Cc1ccc(Br)c([N+](=O)[O-])c1.O=Cc1ccc(Br)cc1. The molecule has 0 amide bonds. The molecule has 1 N–H and O–H groups in total. The van der Waals surface area contributed by atoms with E-state index in [2.05, 4.69) is 36.8 Å². The lowest BCUT2D eigenvalue weighted by molar-refractivity contribution is -0.385. The van der Waals surface area contributed by atoms with Gasteiger partial charge in [-0.05, 0) is 153 Å². The van der Waals surface area contributed by atoms with Gasteiger partial charge in [-0.3, -0.25) is 59.6 Å². The maximum atomic E-state index is 11.8. The Morgan fingerprint density at radius 3 is 1.31 bits per heavy atom. The van der Waals surface area contributed by atoms with Crippen LogP contribution in [0.1, 0.15) is 125 Å². The number of halogens is 2. The monoisotopic (exact) mass is 1440 g/mol. The van der Waals surface area contributed by atoms with Crippen LogP contribution in [0.2, 0.25) is 0 Å². The molecule has 1 aliphatic carbocycles. The molecule has 5 aliphatic rings. The van der Waals surface area contributed by atoms with Crippen molar-refractivity contribution >= 4 is 122 Å². The molecule has 4 heterocycles. The van der Waals surface area contributed by atoms with E-state index < -0.39 is 74.7 Å². The number of nitro groups is 4. The van der Waals surface area contributed by atoms with Gasteiger partial charge in [-0.25, -0.2) is 4.98 Å². The third-order valence-electron chi connectivity index (χ3n) is 16.7. The summed E-state index contributed by atoms with van der Waals surface area (Å²) in [6.45, 7) is 22.5. The van der Waals surface area contributed by atoms with E-state index in [4.69, 9.17) is 42.2 Å². The van der Waals surface area contributed by atoms with Crippen LogP contribution in [-0.2, 0) is 41.1 Å². The third kappa shape index (κ3) is 17.6. The van der Waals surface area contributed by atoms with Crippen molar-refractivity contribution in [2.24, 2.45) is 0 Å². The van der Waals surface area contributed by atoms with Crippen molar-refractivity contribution in [3.63, 3.8) is 0 Å². The number of aromatic nitrogens is 1. The van der Waals surface area contributed by atoms with Gasteiger partial charge in [0.1, 0.15) is 42.4 Å². The van der Waals surface area contributed by atoms with E-state index in [0.29, 0.717) is 84.0 Å². The van der Waals surface area contributed by atoms with Crippen molar-refractivity contribution in [2.75, 3.05) is 0 Å². The molecular weight excluding hydrogens is 1380 g/mol. The second-order valence-corrected chi connectivity index (χ2v) is 26.7.